The number of nitrogens with one attached hydrogen (secondary N) is 1. The lowest BCUT2D eigenvalue weighted by atomic mass is 9.78. The molecular formula is C24H20N2O. The molecule has 0 fully saturated rings. The van der Waals surface area contributed by atoms with E-state index in [-0.39, 0.29) is 5.78 Å². The van der Waals surface area contributed by atoms with Crippen molar-refractivity contribution in [1.29, 1.82) is 0 Å². The van der Waals surface area contributed by atoms with Gasteiger partial charge in [-0.05, 0) is 30.7 Å². The number of aromatic nitrogens is 1. The van der Waals surface area contributed by atoms with Gasteiger partial charge in [-0.25, -0.2) is 0 Å². The fraction of sp³-hybridized carbons (Fsp3) is 0.125. The topological polar surface area (TPSA) is 34.0 Å². The van der Waals surface area contributed by atoms with Crippen molar-refractivity contribution in [3.63, 3.8) is 0 Å². The SMILES string of the molecule is Cc1c(C2(c3ccccc3)Nc3ccccc3C2=O)c2ccccc2n1C. The smallest absolute Gasteiger partial charge is 0.199 e. The zero-order chi connectivity index (χ0) is 18.6. The van der Waals surface area contributed by atoms with Crippen LogP contribution in [-0.4, -0.2) is 10.4 Å². The molecule has 0 amide bonds. The van der Waals surface area contributed by atoms with Crippen molar-refractivity contribution in [3.05, 3.63) is 101 Å². The van der Waals surface area contributed by atoms with E-state index in [0.717, 1.165) is 39.0 Å². The zero-order valence-electron chi connectivity index (χ0n) is 15.4. The summed E-state index contributed by atoms with van der Waals surface area (Å²) in [5.74, 6) is 0.101. The normalized spacial score (nSPS) is 18.5. The summed E-state index contributed by atoms with van der Waals surface area (Å²) in [6.45, 7) is 2.10. The molecule has 1 unspecified atom stereocenters. The summed E-state index contributed by atoms with van der Waals surface area (Å²) in [7, 11) is 2.06. The zero-order valence-corrected chi connectivity index (χ0v) is 15.4. The van der Waals surface area contributed by atoms with E-state index in [0.29, 0.717) is 0 Å². The molecule has 0 aliphatic carbocycles. The van der Waals surface area contributed by atoms with Crippen LogP contribution < -0.4 is 5.32 Å². The molecule has 0 spiro atoms. The molecule has 0 bridgehead atoms. The van der Waals surface area contributed by atoms with Gasteiger partial charge in [0.15, 0.2) is 11.3 Å². The van der Waals surface area contributed by atoms with E-state index in [1.165, 1.54) is 0 Å². The molecule has 3 heteroatoms. The van der Waals surface area contributed by atoms with E-state index in [1.807, 2.05) is 66.7 Å². The minimum atomic E-state index is -0.921. The third kappa shape index (κ3) is 2.00. The van der Waals surface area contributed by atoms with Crippen LogP contribution in [0.2, 0.25) is 0 Å². The van der Waals surface area contributed by atoms with Crippen LogP contribution in [0.3, 0.4) is 0 Å². The Kier molecular flexibility index (Phi) is 3.28. The maximum Gasteiger partial charge on any atom is 0.199 e. The number of anilines is 1. The first kappa shape index (κ1) is 15.9. The van der Waals surface area contributed by atoms with Gasteiger partial charge in [0.2, 0.25) is 0 Å². The van der Waals surface area contributed by atoms with Crippen molar-refractivity contribution in [1.82, 2.24) is 4.57 Å². The highest BCUT2D eigenvalue weighted by Crippen LogP contribution is 2.47. The van der Waals surface area contributed by atoms with Crippen LogP contribution in [0.4, 0.5) is 5.69 Å². The standard InChI is InChI=1S/C24H20N2O/c1-16-22(19-13-7-9-15-21(19)26(16)2)24(17-10-4-3-5-11-17)23(27)18-12-6-8-14-20(18)25-24/h3-15,25H,1-2H3. The summed E-state index contributed by atoms with van der Waals surface area (Å²) >= 11 is 0. The van der Waals surface area contributed by atoms with Gasteiger partial charge in [-0.2, -0.15) is 0 Å². The molecule has 5 rings (SSSR count). The third-order valence-corrected chi connectivity index (χ3v) is 5.82. The predicted molar refractivity (Wildman–Crippen MR) is 109 cm³/mol. The van der Waals surface area contributed by atoms with Crippen molar-refractivity contribution < 1.29 is 4.79 Å². The van der Waals surface area contributed by atoms with Crippen LogP contribution in [0.25, 0.3) is 10.9 Å². The first-order valence-electron chi connectivity index (χ1n) is 9.16. The van der Waals surface area contributed by atoms with Crippen LogP contribution in [0.5, 0.6) is 0 Å². The van der Waals surface area contributed by atoms with Crippen LogP contribution in [0.15, 0.2) is 78.9 Å². The quantitative estimate of drug-likeness (QED) is 0.548. The van der Waals surface area contributed by atoms with Crippen LogP contribution in [-0.2, 0) is 12.6 Å². The first-order chi connectivity index (χ1) is 13.1. The number of benzene rings is 3. The van der Waals surface area contributed by atoms with E-state index in [1.54, 1.807) is 0 Å². The Morgan fingerprint density at radius 1 is 0.852 bits per heavy atom. The number of nitrogens with zero attached hydrogens (tertiary/aromatic N) is 1. The number of Topliss-reactive ketones (excluding diaryl/α,β-unsaturated/α-hetero) is 1. The van der Waals surface area contributed by atoms with Gasteiger partial charge in [0.25, 0.3) is 0 Å². The lowest BCUT2D eigenvalue weighted by Gasteiger charge is -2.30. The number of ketones is 1. The highest BCUT2D eigenvalue weighted by atomic mass is 16.1. The number of fused-ring (bicyclic) bond motifs is 2. The van der Waals surface area contributed by atoms with Crippen molar-refractivity contribution in [2.75, 3.05) is 5.32 Å². The Hall–Kier alpha value is -3.33. The van der Waals surface area contributed by atoms with Gasteiger partial charge in [-0.15, -0.1) is 0 Å². The molecule has 3 aromatic carbocycles. The van der Waals surface area contributed by atoms with Crippen LogP contribution in [0, 0.1) is 6.92 Å². The maximum absolute atomic E-state index is 13.9. The first-order valence-corrected chi connectivity index (χ1v) is 9.16. The molecule has 1 aliphatic rings. The van der Waals surface area contributed by atoms with Gasteiger partial charge in [0, 0.05) is 40.5 Å². The van der Waals surface area contributed by atoms with E-state index >= 15 is 0 Å². The maximum atomic E-state index is 13.9. The molecule has 132 valence electrons. The Bertz CT molecular complexity index is 1190. The Morgan fingerprint density at radius 2 is 1.52 bits per heavy atom. The minimum absolute atomic E-state index is 0.101. The number of carbonyl (C=O) groups is 1. The average Bonchev–Trinajstić information content (AvgIpc) is 3.15. The van der Waals surface area contributed by atoms with Crippen molar-refractivity contribution >= 4 is 22.4 Å². The molecule has 2 heterocycles. The Morgan fingerprint density at radius 3 is 2.30 bits per heavy atom. The summed E-state index contributed by atoms with van der Waals surface area (Å²) in [5.41, 5.74) is 4.93. The van der Waals surface area contributed by atoms with Gasteiger partial charge in [0.1, 0.15) is 0 Å². The number of carbonyl (C=O) groups excluding carboxylic acids is 1. The van der Waals surface area contributed by atoms with Gasteiger partial charge in [-0.3, -0.25) is 4.79 Å². The van der Waals surface area contributed by atoms with Gasteiger partial charge < -0.3 is 9.88 Å². The molecule has 1 aliphatic heterocycles. The third-order valence-electron chi connectivity index (χ3n) is 5.82. The van der Waals surface area contributed by atoms with Gasteiger partial charge >= 0.3 is 0 Å². The largest absolute Gasteiger partial charge is 0.365 e. The molecule has 0 saturated carbocycles. The molecule has 0 saturated heterocycles. The molecule has 3 nitrogen and oxygen atoms in total. The molecular weight excluding hydrogens is 332 g/mol. The van der Waals surface area contributed by atoms with E-state index in [4.69, 9.17) is 0 Å². The van der Waals surface area contributed by atoms with Crippen LogP contribution >= 0.6 is 0 Å². The van der Waals surface area contributed by atoms with Crippen molar-refractivity contribution in [3.8, 4) is 0 Å². The summed E-state index contributed by atoms with van der Waals surface area (Å²) in [6.07, 6.45) is 0. The van der Waals surface area contributed by atoms with E-state index in [9.17, 15) is 4.79 Å². The highest BCUT2D eigenvalue weighted by molar-refractivity contribution is 6.17. The summed E-state index contributed by atoms with van der Waals surface area (Å²) in [5, 5.41) is 4.72. The number of hydrogen-bond acceptors (Lipinski definition) is 2. The molecule has 4 aromatic rings. The van der Waals surface area contributed by atoms with E-state index < -0.39 is 5.54 Å². The number of hydrogen-bond donors (Lipinski definition) is 1. The van der Waals surface area contributed by atoms with Crippen LogP contribution in [0.1, 0.15) is 27.2 Å². The van der Waals surface area contributed by atoms with Crippen molar-refractivity contribution in [2.24, 2.45) is 7.05 Å². The second kappa shape index (κ2) is 5.58. The lowest BCUT2D eigenvalue weighted by molar-refractivity contribution is 0.0941. The molecule has 27 heavy (non-hydrogen) atoms. The fourth-order valence-corrected chi connectivity index (χ4v) is 4.46. The molecule has 1 N–H and O–H groups in total. The minimum Gasteiger partial charge on any atom is -0.365 e. The van der Waals surface area contributed by atoms with Gasteiger partial charge in [0.05, 0.1) is 0 Å². The van der Waals surface area contributed by atoms with Gasteiger partial charge in [-0.1, -0.05) is 60.7 Å². The number of rotatable bonds is 2. The summed E-state index contributed by atoms with van der Waals surface area (Å²) in [4.78, 5) is 13.9. The molecule has 1 atom stereocenters. The van der Waals surface area contributed by atoms with Crippen molar-refractivity contribution in [2.45, 2.75) is 12.5 Å². The monoisotopic (exact) mass is 352 g/mol. The van der Waals surface area contributed by atoms with E-state index in [2.05, 4.69) is 36.0 Å². The fourth-order valence-electron chi connectivity index (χ4n) is 4.46. The number of para-hydroxylation sites is 2. The second-order valence-corrected chi connectivity index (χ2v) is 7.15. The number of aryl methyl sites for hydroxylation is 1. The average molecular weight is 352 g/mol. The summed E-state index contributed by atoms with van der Waals surface area (Å²) in [6, 6.07) is 26.1. The molecule has 0 radical (unpaired) electrons. The Balaban J connectivity index is 1.91. The highest BCUT2D eigenvalue weighted by Gasteiger charge is 2.50. The predicted octanol–water partition coefficient (Wildman–Crippen LogP) is 5.04. The summed E-state index contributed by atoms with van der Waals surface area (Å²) < 4.78 is 2.17. The second-order valence-electron chi connectivity index (χ2n) is 7.15. The lowest BCUT2D eigenvalue weighted by Crippen LogP contribution is -2.40. The molecule has 1 aromatic heterocycles. The Labute approximate surface area is 158 Å².